The summed E-state index contributed by atoms with van der Waals surface area (Å²) >= 11 is 2.16. The number of hydrogen-bond donors (Lipinski definition) is 0. The molecule has 0 N–H and O–H groups in total. The summed E-state index contributed by atoms with van der Waals surface area (Å²) in [5, 5.41) is 0. The number of hydrogen-bond acceptors (Lipinski definition) is 2. The first-order valence-corrected chi connectivity index (χ1v) is 7.88. The van der Waals surface area contributed by atoms with Crippen LogP contribution in [0.15, 0.2) is 0 Å². The van der Waals surface area contributed by atoms with Crippen molar-refractivity contribution in [2.24, 2.45) is 16.7 Å². The summed E-state index contributed by atoms with van der Waals surface area (Å²) in [6.07, 6.45) is 8.86. The molecule has 0 radical (unpaired) electrons. The van der Waals surface area contributed by atoms with E-state index >= 15 is 0 Å². The van der Waals surface area contributed by atoms with E-state index in [0.29, 0.717) is 16.9 Å². The molecule has 2 spiro atoms. The standard InChI is InChI=1S/C14H22OS/c1-12(2)10-4-7-13(12)9-16-14(5-3-6-14)15-11(13)8-10/h10-11H,3-9H2,1-2H3. The summed E-state index contributed by atoms with van der Waals surface area (Å²) in [5.41, 5.74) is 1.07. The lowest BCUT2D eigenvalue weighted by molar-refractivity contribution is -0.138. The van der Waals surface area contributed by atoms with Gasteiger partial charge in [0.1, 0.15) is 4.93 Å². The molecule has 0 aromatic heterocycles. The second-order valence-corrected chi connectivity index (χ2v) is 8.33. The second-order valence-electron chi connectivity index (χ2n) is 7.01. The lowest BCUT2D eigenvalue weighted by atomic mass is 9.69. The first-order chi connectivity index (χ1) is 7.58. The smallest absolute Gasteiger partial charge is 0.114 e. The molecule has 1 aliphatic heterocycles. The summed E-state index contributed by atoms with van der Waals surface area (Å²) in [6, 6.07) is 0. The van der Waals surface area contributed by atoms with Crippen molar-refractivity contribution < 1.29 is 4.74 Å². The van der Waals surface area contributed by atoms with Gasteiger partial charge >= 0.3 is 0 Å². The van der Waals surface area contributed by atoms with Gasteiger partial charge in [-0.05, 0) is 49.9 Å². The van der Waals surface area contributed by atoms with Gasteiger partial charge in [0, 0.05) is 11.2 Å². The molecule has 2 heteroatoms. The van der Waals surface area contributed by atoms with Crippen LogP contribution in [0, 0.1) is 16.7 Å². The van der Waals surface area contributed by atoms with Gasteiger partial charge in [0.25, 0.3) is 0 Å². The van der Waals surface area contributed by atoms with E-state index in [-0.39, 0.29) is 4.93 Å². The molecule has 1 heterocycles. The van der Waals surface area contributed by atoms with Gasteiger partial charge in [-0.2, -0.15) is 0 Å². The molecule has 4 rings (SSSR count). The fourth-order valence-corrected chi connectivity index (χ4v) is 6.77. The van der Waals surface area contributed by atoms with Crippen molar-refractivity contribution in [1.82, 2.24) is 0 Å². The Morgan fingerprint density at radius 1 is 1.19 bits per heavy atom. The Balaban J connectivity index is 1.68. The molecule has 1 nitrogen and oxygen atoms in total. The predicted octanol–water partition coefficient (Wildman–Crippen LogP) is 3.82. The van der Waals surface area contributed by atoms with E-state index in [1.54, 1.807) is 0 Å². The Bertz CT molecular complexity index is 334. The van der Waals surface area contributed by atoms with Gasteiger partial charge in [-0.1, -0.05) is 13.8 Å². The molecule has 3 saturated carbocycles. The van der Waals surface area contributed by atoms with E-state index in [1.165, 1.54) is 44.3 Å². The Morgan fingerprint density at radius 2 is 2.00 bits per heavy atom. The Hall–Kier alpha value is 0.310. The summed E-state index contributed by atoms with van der Waals surface area (Å²) in [6.45, 7) is 5.01. The van der Waals surface area contributed by atoms with Crippen LogP contribution >= 0.6 is 11.8 Å². The van der Waals surface area contributed by atoms with Crippen LogP contribution in [0.4, 0.5) is 0 Å². The second kappa shape index (κ2) is 2.83. The molecule has 16 heavy (non-hydrogen) atoms. The quantitative estimate of drug-likeness (QED) is 0.634. The first kappa shape index (κ1) is 10.3. The highest BCUT2D eigenvalue weighted by molar-refractivity contribution is 8.00. The molecule has 3 atom stereocenters. The molecule has 0 aromatic carbocycles. The van der Waals surface area contributed by atoms with Gasteiger partial charge in [-0.15, -0.1) is 11.8 Å². The minimum absolute atomic E-state index is 0.274. The van der Waals surface area contributed by atoms with E-state index in [2.05, 4.69) is 25.6 Å². The minimum Gasteiger partial charge on any atom is -0.360 e. The van der Waals surface area contributed by atoms with Crippen molar-refractivity contribution in [2.45, 2.75) is 63.4 Å². The van der Waals surface area contributed by atoms with Gasteiger partial charge in [-0.3, -0.25) is 0 Å². The van der Waals surface area contributed by atoms with E-state index < -0.39 is 0 Å². The average molecular weight is 238 g/mol. The first-order valence-electron chi connectivity index (χ1n) is 6.90. The molecule has 4 fully saturated rings. The third-order valence-corrected chi connectivity index (χ3v) is 8.11. The van der Waals surface area contributed by atoms with Gasteiger partial charge in [-0.25, -0.2) is 0 Å². The fraction of sp³-hybridized carbons (Fsp3) is 1.00. The third kappa shape index (κ3) is 0.963. The maximum absolute atomic E-state index is 6.56. The maximum atomic E-state index is 6.56. The number of rotatable bonds is 0. The summed E-state index contributed by atoms with van der Waals surface area (Å²) < 4.78 is 6.56. The molecular formula is C14H22OS. The molecule has 1 saturated heterocycles. The summed E-state index contributed by atoms with van der Waals surface area (Å²) in [7, 11) is 0. The van der Waals surface area contributed by atoms with Gasteiger partial charge in [0.15, 0.2) is 0 Å². The normalized spacial score (nSPS) is 51.4. The van der Waals surface area contributed by atoms with Crippen LogP contribution < -0.4 is 0 Å². The summed E-state index contributed by atoms with van der Waals surface area (Å²) in [5.74, 6) is 2.31. The van der Waals surface area contributed by atoms with Crippen molar-refractivity contribution in [2.75, 3.05) is 5.75 Å². The maximum Gasteiger partial charge on any atom is 0.114 e. The van der Waals surface area contributed by atoms with Crippen LogP contribution in [-0.4, -0.2) is 16.8 Å². The van der Waals surface area contributed by atoms with Gasteiger partial charge in [0.2, 0.25) is 0 Å². The lowest BCUT2D eigenvalue weighted by Gasteiger charge is -2.55. The van der Waals surface area contributed by atoms with E-state index in [4.69, 9.17) is 4.74 Å². The zero-order chi connectivity index (χ0) is 11.0. The fourth-order valence-electron chi connectivity index (χ4n) is 4.79. The zero-order valence-electron chi connectivity index (χ0n) is 10.4. The van der Waals surface area contributed by atoms with Crippen molar-refractivity contribution in [3.8, 4) is 0 Å². The highest BCUT2D eigenvalue weighted by Crippen LogP contribution is 2.71. The van der Waals surface area contributed by atoms with E-state index in [1.807, 2.05) is 0 Å². The highest BCUT2D eigenvalue weighted by atomic mass is 32.2. The van der Waals surface area contributed by atoms with Crippen LogP contribution in [0.1, 0.15) is 52.4 Å². The third-order valence-electron chi connectivity index (χ3n) is 6.42. The van der Waals surface area contributed by atoms with Crippen molar-refractivity contribution in [3.63, 3.8) is 0 Å². The molecule has 0 amide bonds. The van der Waals surface area contributed by atoms with Crippen LogP contribution in [0.25, 0.3) is 0 Å². The van der Waals surface area contributed by atoms with Gasteiger partial charge in [0.05, 0.1) is 6.10 Å². The van der Waals surface area contributed by atoms with E-state index in [0.717, 1.165) is 5.92 Å². The number of thioether (sulfide) groups is 1. The molecule has 4 aliphatic rings. The molecule has 3 aliphatic carbocycles. The lowest BCUT2D eigenvalue weighted by Crippen LogP contribution is -2.54. The topological polar surface area (TPSA) is 9.23 Å². The van der Waals surface area contributed by atoms with Crippen LogP contribution in [0.3, 0.4) is 0 Å². The Morgan fingerprint density at radius 3 is 2.62 bits per heavy atom. The minimum atomic E-state index is 0.274. The largest absolute Gasteiger partial charge is 0.360 e. The van der Waals surface area contributed by atoms with Crippen molar-refractivity contribution in [3.05, 3.63) is 0 Å². The van der Waals surface area contributed by atoms with Crippen LogP contribution in [0.5, 0.6) is 0 Å². The number of ether oxygens (including phenoxy) is 1. The van der Waals surface area contributed by atoms with E-state index in [9.17, 15) is 0 Å². The SMILES string of the molecule is CC1(C)C2CCC13CSC1(CCC1)OC3C2. The molecule has 3 unspecified atom stereocenters. The highest BCUT2D eigenvalue weighted by Gasteiger charge is 2.68. The molecular weight excluding hydrogens is 216 g/mol. The molecule has 90 valence electrons. The Labute approximate surface area is 103 Å². The van der Waals surface area contributed by atoms with Crippen molar-refractivity contribution >= 4 is 11.8 Å². The number of fused-ring (bicyclic) bond motifs is 1. The average Bonchev–Trinajstić information content (AvgIpc) is 2.58. The monoisotopic (exact) mass is 238 g/mol. The van der Waals surface area contributed by atoms with Crippen molar-refractivity contribution in [1.29, 1.82) is 0 Å². The predicted molar refractivity (Wildman–Crippen MR) is 67.5 cm³/mol. The molecule has 0 aromatic rings. The van der Waals surface area contributed by atoms with Crippen LogP contribution in [-0.2, 0) is 4.74 Å². The zero-order valence-corrected chi connectivity index (χ0v) is 11.2. The van der Waals surface area contributed by atoms with Gasteiger partial charge < -0.3 is 4.74 Å². The Kier molecular flexibility index (Phi) is 1.81. The summed E-state index contributed by atoms with van der Waals surface area (Å²) in [4.78, 5) is 0.274. The van der Waals surface area contributed by atoms with Crippen LogP contribution in [0.2, 0.25) is 0 Å². The molecule has 2 bridgehead atoms.